The van der Waals surface area contributed by atoms with E-state index in [4.69, 9.17) is 4.74 Å². The van der Waals surface area contributed by atoms with Crippen molar-refractivity contribution in [2.45, 2.75) is 70.5 Å². The summed E-state index contributed by atoms with van der Waals surface area (Å²) >= 11 is 0. The van der Waals surface area contributed by atoms with Crippen LogP contribution in [0.5, 0.6) is 0 Å². The molecular formula is C18H26O4. The molecule has 0 radical (unpaired) electrons. The molecule has 0 amide bonds. The highest BCUT2D eigenvalue weighted by Gasteiger charge is 2.38. The lowest BCUT2D eigenvalue weighted by Gasteiger charge is -2.39. The van der Waals surface area contributed by atoms with E-state index < -0.39 is 6.10 Å². The van der Waals surface area contributed by atoms with Gasteiger partial charge in [0.15, 0.2) is 5.78 Å². The van der Waals surface area contributed by atoms with Crippen LogP contribution in [0.1, 0.15) is 58.3 Å². The molecule has 2 aliphatic carbocycles. The van der Waals surface area contributed by atoms with E-state index in [1.807, 2.05) is 13.0 Å². The van der Waals surface area contributed by atoms with Crippen molar-refractivity contribution in [3.8, 4) is 0 Å². The van der Waals surface area contributed by atoms with Gasteiger partial charge in [-0.3, -0.25) is 9.59 Å². The van der Waals surface area contributed by atoms with E-state index in [9.17, 15) is 14.7 Å². The fourth-order valence-corrected chi connectivity index (χ4v) is 4.47. The minimum Gasteiger partial charge on any atom is -0.462 e. The quantitative estimate of drug-likeness (QED) is 0.814. The molecule has 22 heavy (non-hydrogen) atoms. The fraction of sp³-hybridized carbons (Fsp3) is 0.778. The van der Waals surface area contributed by atoms with Crippen molar-refractivity contribution < 1.29 is 19.4 Å². The van der Waals surface area contributed by atoms with Gasteiger partial charge in [-0.2, -0.15) is 0 Å². The molecule has 0 aromatic rings. The number of hydrogen-bond acceptors (Lipinski definition) is 4. The maximum absolute atomic E-state index is 12.2. The zero-order chi connectivity index (χ0) is 15.7. The summed E-state index contributed by atoms with van der Waals surface area (Å²) in [5.41, 5.74) is 1.35. The summed E-state index contributed by atoms with van der Waals surface area (Å²) < 4.78 is 5.35. The Morgan fingerprint density at radius 3 is 2.86 bits per heavy atom. The van der Waals surface area contributed by atoms with Gasteiger partial charge in [-0.1, -0.05) is 18.9 Å². The Hall–Kier alpha value is -1.16. The molecule has 0 bridgehead atoms. The van der Waals surface area contributed by atoms with Gasteiger partial charge in [-0.05, 0) is 50.0 Å². The second-order valence-electron chi connectivity index (χ2n) is 7.21. The van der Waals surface area contributed by atoms with Crippen molar-refractivity contribution in [1.29, 1.82) is 0 Å². The molecule has 0 aromatic heterocycles. The van der Waals surface area contributed by atoms with Crippen molar-refractivity contribution >= 4 is 11.8 Å². The number of ketones is 1. The number of carbonyl (C=O) groups is 2. The molecule has 1 saturated carbocycles. The third-order valence-electron chi connectivity index (χ3n) is 5.70. The van der Waals surface area contributed by atoms with Gasteiger partial charge in [0, 0.05) is 12.3 Å². The topological polar surface area (TPSA) is 63.6 Å². The molecular weight excluding hydrogens is 280 g/mol. The first-order valence-electron chi connectivity index (χ1n) is 8.66. The Labute approximate surface area is 131 Å². The SMILES string of the molecule is CC1C(=O)C=C2CCCCC2C1CCC1CC(O)CC(=O)O1. The largest absolute Gasteiger partial charge is 0.462 e. The Bertz CT molecular complexity index is 481. The standard InChI is InChI=1S/C18H26O4/c1-11-15(7-6-14-9-13(19)10-18(21)22-14)16-5-3-2-4-12(16)8-17(11)20/h8,11,13-16,19H,2-7,9-10H2,1H3. The van der Waals surface area contributed by atoms with Crippen LogP contribution in [0.2, 0.25) is 0 Å². The van der Waals surface area contributed by atoms with Gasteiger partial charge in [0.1, 0.15) is 6.10 Å². The van der Waals surface area contributed by atoms with Gasteiger partial charge in [0.05, 0.1) is 12.5 Å². The molecule has 1 heterocycles. The van der Waals surface area contributed by atoms with Crippen LogP contribution >= 0.6 is 0 Å². The maximum Gasteiger partial charge on any atom is 0.308 e. The number of ether oxygens (including phenoxy) is 1. The number of rotatable bonds is 3. The number of cyclic esters (lactones) is 1. The fourth-order valence-electron chi connectivity index (χ4n) is 4.47. The van der Waals surface area contributed by atoms with Crippen molar-refractivity contribution in [3.63, 3.8) is 0 Å². The molecule has 1 saturated heterocycles. The lowest BCUT2D eigenvalue weighted by atomic mass is 9.65. The molecule has 1 aliphatic heterocycles. The summed E-state index contributed by atoms with van der Waals surface area (Å²) in [6, 6.07) is 0. The molecule has 0 spiro atoms. The third kappa shape index (κ3) is 3.27. The highest BCUT2D eigenvalue weighted by molar-refractivity contribution is 5.93. The van der Waals surface area contributed by atoms with E-state index in [-0.39, 0.29) is 30.2 Å². The highest BCUT2D eigenvalue weighted by Crippen LogP contribution is 2.44. The molecule has 2 fully saturated rings. The first-order valence-corrected chi connectivity index (χ1v) is 8.66. The Balaban J connectivity index is 1.64. The number of allylic oxidation sites excluding steroid dienone is 2. The Morgan fingerprint density at radius 1 is 1.27 bits per heavy atom. The number of fused-ring (bicyclic) bond motifs is 1. The van der Waals surface area contributed by atoms with Gasteiger partial charge in [-0.15, -0.1) is 0 Å². The molecule has 5 atom stereocenters. The van der Waals surface area contributed by atoms with Crippen LogP contribution in [0.15, 0.2) is 11.6 Å². The van der Waals surface area contributed by atoms with Crippen LogP contribution in [0, 0.1) is 17.8 Å². The number of carbonyl (C=O) groups excluding carboxylic acids is 2. The summed E-state index contributed by atoms with van der Waals surface area (Å²) in [5, 5.41) is 9.70. The second kappa shape index (κ2) is 6.53. The van der Waals surface area contributed by atoms with Crippen molar-refractivity contribution in [2.24, 2.45) is 17.8 Å². The van der Waals surface area contributed by atoms with Gasteiger partial charge in [-0.25, -0.2) is 0 Å². The lowest BCUT2D eigenvalue weighted by molar-refractivity contribution is -0.160. The van der Waals surface area contributed by atoms with Crippen molar-refractivity contribution in [1.82, 2.24) is 0 Å². The number of hydrogen-bond donors (Lipinski definition) is 1. The number of aliphatic hydroxyl groups excluding tert-OH is 1. The number of esters is 1. The minimum absolute atomic E-state index is 0.0658. The van der Waals surface area contributed by atoms with E-state index in [2.05, 4.69) is 0 Å². The second-order valence-corrected chi connectivity index (χ2v) is 7.21. The number of aliphatic hydroxyl groups is 1. The summed E-state index contributed by atoms with van der Waals surface area (Å²) in [6.07, 6.45) is 8.15. The van der Waals surface area contributed by atoms with E-state index in [0.29, 0.717) is 18.3 Å². The van der Waals surface area contributed by atoms with E-state index in [1.54, 1.807) is 0 Å². The van der Waals surface area contributed by atoms with Crippen LogP contribution in [0.3, 0.4) is 0 Å². The molecule has 3 aliphatic rings. The Morgan fingerprint density at radius 2 is 2.09 bits per heavy atom. The van der Waals surface area contributed by atoms with Gasteiger partial charge >= 0.3 is 5.97 Å². The van der Waals surface area contributed by atoms with Crippen molar-refractivity contribution in [3.05, 3.63) is 11.6 Å². The first kappa shape index (κ1) is 15.7. The normalized spacial score (nSPS) is 39.0. The molecule has 4 nitrogen and oxygen atoms in total. The average molecular weight is 306 g/mol. The molecule has 122 valence electrons. The zero-order valence-electron chi connectivity index (χ0n) is 13.3. The predicted octanol–water partition coefficient (Wildman–Crippen LogP) is 2.78. The van der Waals surface area contributed by atoms with Crippen LogP contribution in [-0.4, -0.2) is 29.1 Å². The van der Waals surface area contributed by atoms with Crippen molar-refractivity contribution in [2.75, 3.05) is 0 Å². The third-order valence-corrected chi connectivity index (χ3v) is 5.70. The lowest BCUT2D eigenvalue weighted by Crippen LogP contribution is -2.37. The van der Waals surface area contributed by atoms with E-state index in [1.165, 1.54) is 24.8 Å². The minimum atomic E-state index is -0.568. The maximum atomic E-state index is 12.2. The average Bonchev–Trinajstić information content (AvgIpc) is 2.47. The summed E-state index contributed by atoms with van der Waals surface area (Å²) in [7, 11) is 0. The van der Waals surface area contributed by atoms with Gasteiger partial charge in [0.2, 0.25) is 0 Å². The van der Waals surface area contributed by atoms with Crippen LogP contribution < -0.4 is 0 Å². The smallest absolute Gasteiger partial charge is 0.308 e. The van der Waals surface area contributed by atoms with E-state index in [0.717, 1.165) is 19.3 Å². The molecule has 4 heteroatoms. The highest BCUT2D eigenvalue weighted by atomic mass is 16.5. The summed E-state index contributed by atoms with van der Waals surface area (Å²) in [4.78, 5) is 23.6. The van der Waals surface area contributed by atoms with Crippen LogP contribution in [-0.2, 0) is 14.3 Å². The first-order chi connectivity index (χ1) is 10.5. The van der Waals surface area contributed by atoms with Gasteiger partial charge < -0.3 is 9.84 Å². The summed E-state index contributed by atoms with van der Waals surface area (Å²) in [5.74, 6) is 0.931. The molecule has 1 N–H and O–H groups in total. The van der Waals surface area contributed by atoms with Crippen LogP contribution in [0.25, 0.3) is 0 Å². The van der Waals surface area contributed by atoms with Gasteiger partial charge in [0.25, 0.3) is 0 Å². The molecule has 0 aromatic carbocycles. The Kier molecular flexibility index (Phi) is 4.67. The molecule has 3 rings (SSSR count). The van der Waals surface area contributed by atoms with Crippen LogP contribution in [0.4, 0.5) is 0 Å². The predicted molar refractivity (Wildman–Crippen MR) is 82.1 cm³/mol. The summed E-state index contributed by atoms with van der Waals surface area (Å²) in [6.45, 7) is 2.04. The zero-order valence-corrected chi connectivity index (χ0v) is 13.3. The monoisotopic (exact) mass is 306 g/mol. The van der Waals surface area contributed by atoms with E-state index >= 15 is 0 Å². The molecule has 5 unspecified atom stereocenters.